The first-order valence-corrected chi connectivity index (χ1v) is 13.7. The average molecular weight is 530 g/mol. The van der Waals surface area contributed by atoms with Crippen LogP contribution in [-0.2, 0) is 4.79 Å². The highest BCUT2D eigenvalue weighted by Gasteiger charge is 2.36. The maximum absolute atomic E-state index is 13.5. The number of nitrogens with zero attached hydrogens (tertiary/aromatic N) is 1. The van der Waals surface area contributed by atoms with Gasteiger partial charge >= 0.3 is 6.03 Å². The van der Waals surface area contributed by atoms with Crippen molar-refractivity contribution in [1.82, 2.24) is 0 Å². The van der Waals surface area contributed by atoms with Crippen molar-refractivity contribution in [2.24, 2.45) is 0 Å². The first-order valence-electron chi connectivity index (χ1n) is 11.9. The number of carbonyl (C=O) groups is 2. The quantitative estimate of drug-likeness (QED) is 0.343. The Bertz CT molecular complexity index is 1360. The first kappa shape index (κ1) is 25.0. The third-order valence-corrected chi connectivity index (χ3v) is 8.49. The zero-order valence-electron chi connectivity index (χ0n) is 20.5. The van der Waals surface area contributed by atoms with Crippen molar-refractivity contribution in [3.8, 4) is 5.75 Å². The Morgan fingerprint density at radius 2 is 1.73 bits per heavy atom. The molecule has 8 heteroatoms. The molecule has 1 aliphatic carbocycles. The molecule has 2 N–H and O–H groups in total. The molecule has 0 spiro atoms. The summed E-state index contributed by atoms with van der Waals surface area (Å²) in [6.07, 6.45) is 8.24. The first-order chi connectivity index (χ1) is 18.0. The molecule has 0 saturated heterocycles. The van der Waals surface area contributed by atoms with Crippen molar-refractivity contribution in [3.05, 3.63) is 97.1 Å². The third kappa shape index (κ3) is 5.70. The Morgan fingerprint density at radius 3 is 2.54 bits per heavy atom. The van der Waals surface area contributed by atoms with Crippen molar-refractivity contribution < 1.29 is 14.3 Å². The number of carbonyl (C=O) groups excluding carboxylic acids is 2. The van der Waals surface area contributed by atoms with Crippen LogP contribution in [0.5, 0.6) is 5.75 Å². The maximum atomic E-state index is 13.5. The summed E-state index contributed by atoms with van der Waals surface area (Å²) in [7, 11) is 1.61. The lowest BCUT2D eigenvalue weighted by Crippen LogP contribution is -2.49. The molecule has 3 aromatic rings. The summed E-state index contributed by atoms with van der Waals surface area (Å²) in [6, 6.07) is 22.6. The minimum Gasteiger partial charge on any atom is -0.497 e. The van der Waals surface area contributed by atoms with Crippen LogP contribution in [0.4, 0.5) is 21.9 Å². The van der Waals surface area contributed by atoms with Crippen molar-refractivity contribution in [1.29, 1.82) is 0 Å². The van der Waals surface area contributed by atoms with Gasteiger partial charge in [0.2, 0.25) is 5.91 Å². The van der Waals surface area contributed by atoms with Crippen LogP contribution in [0.2, 0.25) is 0 Å². The summed E-state index contributed by atoms with van der Waals surface area (Å²) in [6.45, 7) is 1.86. The fourth-order valence-corrected chi connectivity index (χ4v) is 6.42. The van der Waals surface area contributed by atoms with Crippen LogP contribution in [0.25, 0.3) is 0 Å². The van der Waals surface area contributed by atoms with E-state index >= 15 is 0 Å². The van der Waals surface area contributed by atoms with Crippen molar-refractivity contribution >= 4 is 52.5 Å². The van der Waals surface area contributed by atoms with E-state index in [2.05, 4.69) is 28.9 Å². The molecule has 5 rings (SSSR count). The van der Waals surface area contributed by atoms with E-state index in [4.69, 9.17) is 4.74 Å². The van der Waals surface area contributed by atoms with Gasteiger partial charge in [-0.15, -0.1) is 23.5 Å². The van der Waals surface area contributed by atoms with Gasteiger partial charge < -0.3 is 15.4 Å². The number of hydrogen-bond donors (Lipinski definition) is 2. The second-order valence-corrected chi connectivity index (χ2v) is 11.3. The molecule has 3 amide bonds. The number of methoxy groups -OCH3 is 1. The number of benzene rings is 3. The molecule has 0 saturated carbocycles. The third-order valence-electron chi connectivity index (χ3n) is 6.09. The highest BCUT2D eigenvalue weighted by atomic mass is 32.2. The van der Waals surface area contributed by atoms with Gasteiger partial charge in [-0.3, -0.25) is 9.69 Å². The summed E-state index contributed by atoms with van der Waals surface area (Å²) >= 11 is 3.21. The molecule has 0 fully saturated rings. The fourth-order valence-electron chi connectivity index (χ4n) is 4.23. The van der Waals surface area contributed by atoms with Crippen LogP contribution in [0.3, 0.4) is 0 Å². The predicted molar refractivity (Wildman–Crippen MR) is 153 cm³/mol. The molecule has 37 heavy (non-hydrogen) atoms. The minimum atomic E-state index is -0.334. The largest absolute Gasteiger partial charge is 0.497 e. The number of hydrogen-bond acceptors (Lipinski definition) is 5. The van der Waals surface area contributed by atoms with Gasteiger partial charge in [0.05, 0.1) is 29.3 Å². The summed E-state index contributed by atoms with van der Waals surface area (Å²) in [4.78, 5) is 30.1. The smallest absolute Gasteiger partial charge is 0.326 e. The summed E-state index contributed by atoms with van der Waals surface area (Å²) in [5.74, 6) is 0.632. The van der Waals surface area contributed by atoms with Gasteiger partial charge in [-0.1, -0.05) is 42.5 Å². The lowest BCUT2D eigenvalue weighted by atomic mass is 10.1. The number of anilines is 3. The number of para-hydroxylation sites is 1. The molecule has 188 valence electrons. The molecule has 0 aromatic heterocycles. The second kappa shape index (κ2) is 11.2. The number of urea groups is 1. The van der Waals surface area contributed by atoms with Crippen LogP contribution in [-0.4, -0.2) is 35.6 Å². The van der Waals surface area contributed by atoms with Crippen LogP contribution in [0.15, 0.2) is 107 Å². The molecule has 1 heterocycles. The lowest BCUT2D eigenvalue weighted by molar-refractivity contribution is -0.115. The maximum Gasteiger partial charge on any atom is 0.326 e. The summed E-state index contributed by atoms with van der Waals surface area (Å²) in [5.41, 5.74) is 2.30. The number of amides is 3. The Hall–Kier alpha value is -3.62. The highest BCUT2D eigenvalue weighted by Crippen LogP contribution is 2.43. The number of rotatable bonds is 6. The summed E-state index contributed by atoms with van der Waals surface area (Å²) < 4.78 is 5.16. The Kier molecular flexibility index (Phi) is 7.58. The van der Waals surface area contributed by atoms with Gasteiger partial charge in [0, 0.05) is 21.2 Å². The van der Waals surface area contributed by atoms with Crippen LogP contribution >= 0.6 is 23.5 Å². The zero-order chi connectivity index (χ0) is 25.8. The molecule has 0 radical (unpaired) electrons. The average Bonchev–Trinajstić information content (AvgIpc) is 2.92. The van der Waals surface area contributed by atoms with Gasteiger partial charge in [0.25, 0.3) is 0 Å². The number of fused-ring (bicyclic) bond motifs is 2. The van der Waals surface area contributed by atoms with Crippen LogP contribution < -0.4 is 20.3 Å². The molecule has 1 aliphatic heterocycles. The van der Waals surface area contributed by atoms with E-state index in [0.29, 0.717) is 11.4 Å². The van der Waals surface area contributed by atoms with Gasteiger partial charge in [-0.2, -0.15) is 0 Å². The molecule has 6 nitrogen and oxygen atoms in total. The van der Waals surface area contributed by atoms with Gasteiger partial charge in [-0.05, 0) is 61.5 Å². The lowest BCUT2D eigenvalue weighted by Gasteiger charge is -2.40. The number of thioether (sulfide) groups is 2. The SMILES string of the molecule is COc1ccc(NC(=O)C(C)Sc2cccc(NC(=O)N3c4ccccc4SC4C=CC=CC43)c2)cc1. The molecule has 3 atom stereocenters. The van der Waals surface area contributed by atoms with E-state index < -0.39 is 0 Å². The fraction of sp³-hybridized carbons (Fsp3) is 0.172. The van der Waals surface area contributed by atoms with Crippen molar-refractivity contribution in [2.45, 2.75) is 33.3 Å². The highest BCUT2D eigenvalue weighted by molar-refractivity contribution is 8.00. The number of ether oxygens (including phenoxy) is 1. The second-order valence-electron chi connectivity index (χ2n) is 8.62. The Morgan fingerprint density at radius 1 is 0.946 bits per heavy atom. The van der Waals surface area contributed by atoms with E-state index in [9.17, 15) is 9.59 Å². The van der Waals surface area contributed by atoms with Gasteiger partial charge in [0.1, 0.15) is 5.75 Å². The molecule has 3 aromatic carbocycles. The van der Waals surface area contributed by atoms with Crippen molar-refractivity contribution in [3.63, 3.8) is 0 Å². The molecular formula is C29H27N3O3S2. The number of allylic oxidation sites excluding steroid dienone is 2. The molecule has 0 bridgehead atoms. The summed E-state index contributed by atoms with van der Waals surface area (Å²) in [5, 5.41) is 5.84. The zero-order valence-corrected chi connectivity index (χ0v) is 22.1. The van der Waals surface area contributed by atoms with E-state index in [-0.39, 0.29) is 28.5 Å². The van der Waals surface area contributed by atoms with Crippen molar-refractivity contribution in [2.75, 3.05) is 22.6 Å². The molecule has 3 unspecified atom stereocenters. The molecular weight excluding hydrogens is 502 g/mol. The standard InChI is InChI=1S/C29H27N3O3S2/c1-19(28(33)30-20-14-16-22(35-2)17-15-20)36-23-9-7-8-21(18-23)31-29(34)32-24-10-3-5-12-26(24)37-27-13-6-4-11-25(27)32/h3-19,24,26H,1-2H3,(H,30,33)(H,31,34). The van der Waals surface area contributed by atoms with Crippen LogP contribution in [0.1, 0.15) is 6.92 Å². The van der Waals surface area contributed by atoms with E-state index in [1.807, 2.05) is 78.6 Å². The number of nitrogens with one attached hydrogen (secondary N) is 2. The van der Waals surface area contributed by atoms with Gasteiger partial charge in [0.15, 0.2) is 0 Å². The van der Waals surface area contributed by atoms with E-state index in [1.54, 1.807) is 31.0 Å². The monoisotopic (exact) mass is 529 g/mol. The van der Waals surface area contributed by atoms with Crippen LogP contribution in [0, 0.1) is 0 Å². The van der Waals surface area contributed by atoms with E-state index in [0.717, 1.165) is 21.2 Å². The Balaban J connectivity index is 1.27. The predicted octanol–water partition coefficient (Wildman–Crippen LogP) is 6.82. The minimum absolute atomic E-state index is 0.0656. The molecule has 2 aliphatic rings. The van der Waals surface area contributed by atoms with Gasteiger partial charge in [-0.25, -0.2) is 4.79 Å². The van der Waals surface area contributed by atoms with E-state index in [1.165, 1.54) is 11.8 Å². The topological polar surface area (TPSA) is 70.7 Å². The Labute approximate surface area is 225 Å². The normalized spacial score (nSPS) is 18.4.